The second kappa shape index (κ2) is 10.6. The van der Waals surface area contributed by atoms with Crippen molar-refractivity contribution >= 4 is 26.0 Å². The van der Waals surface area contributed by atoms with E-state index in [0.29, 0.717) is 12.1 Å². The van der Waals surface area contributed by atoms with E-state index in [9.17, 15) is 40.9 Å². The van der Waals surface area contributed by atoms with Crippen molar-refractivity contribution in [2.45, 2.75) is 9.79 Å². The maximum atomic E-state index is 12.7. The standard InChI is InChI=1S/C15H14O11S2.2Na.2H/c1-25-11-5-9(16)7(3-13(11)27(19,20)21)15(18)8-4-14(28(22,23)24)12(26-2)6-10(8)17;;;;/h3-6,16-17H,1-2H3,(H,19,20,21)(H,22,23,24);;;;/q;2*+1;2*-1. The number of methoxy groups -OCH3 is 2. The maximum absolute atomic E-state index is 12.7. The van der Waals surface area contributed by atoms with Crippen LogP contribution in [0.5, 0.6) is 23.0 Å². The molecule has 0 unspecified atom stereocenters. The average molecular weight is 482 g/mol. The molecule has 0 amide bonds. The molecule has 0 saturated carbocycles. The molecule has 2 rings (SSSR count). The number of ether oxygens (including phenoxy) is 2. The molecule has 0 heterocycles. The number of carbonyl (C=O) groups excluding carboxylic acids is 1. The Bertz CT molecular complexity index is 1090. The zero-order valence-electron chi connectivity index (χ0n) is 18.3. The molecule has 15 heteroatoms. The van der Waals surface area contributed by atoms with Crippen molar-refractivity contribution in [1.82, 2.24) is 0 Å². The van der Waals surface area contributed by atoms with Gasteiger partial charge in [-0.25, -0.2) is 0 Å². The molecule has 0 aliphatic rings. The van der Waals surface area contributed by atoms with Crippen LogP contribution in [0.15, 0.2) is 34.1 Å². The smallest absolute Gasteiger partial charge is 1.00 e. The second-order valence-corrected chi connectivity index (χ2v) is 8.10. The number of ketones is 1. The SMILES string of the molecule is COc1cc(O)c(C(=O)c2cc(S(=O)(=O)O)c(OC)cc2O)cc1S(=O)(=O)O.[H-].[H-].[Na+].[Na+]. The number of hydrogen-bond donors (Lipinski definition) is 4. The van der Waals surface area contributed by atoms with E-state index in [1.165, 1.54) is 0 Å². The molecule has 0 aliphatic heterocycles. The molecule has 30 heavy (non-hydrogen) atoms. The fraction of sp³-hybridized carbons (Fsp3) is 0.133. The molecule has 0 aliphatic carbocycles. The number of hydrogen-bond acceptors (Lipinski definition) is 9. The largest absolute Gasteiger partial charge is 1.00 e. The summed E-state index contributed by atoms with van der Waals surface area (Å²) in [5.74, 6) is -3.70. The quantitative estimate of drug-likeness (QED) is 0.176. The van der Waals surface area contributed by atoms with Crippen molar-refractivity contribution in [2.24, 2.45) is 0 Å². The number of aromatic hydroxyl groups is 2. The summed E-state index contributed by atoms with van der Waals surface area (Å²) >= 11 is 0. The van der Waals surface area contributed by atoms with Crippen LogP contribution in [0.3, 0.4) is 0 Å². The molecule has 0 atom stereocenters. The molecule has 0 bridgehead atoms. The second-order valence-electron chi connectivity index (χ2n) is 5.32. The Labute approximate surface area is 219 Å². The summed E-state index contributed by atoms with van der Waals surface area (Å²) in [7, 11) is -7.61. The number of benzene rings is 2. The van der Waals surface area contributed by atoms with E-state index in [4.69, 9.17) is 9.47 Å². The summed E-state index contributed by atoms with van der Waals surface area (Å²) in [4.78, 5) is 11.0. The van der Waals surface area contributed by atoms with E-state index in [1.54, 1.807) is 0 Å². The first-order valence-corrected chi connectivity index (χ1v) is 10.0. The van der Waals surface area contributed by atoms with Gasteiger partial charge in [-0.1, -0.05) is 0 Å². The van der Waals surface area contributed by atoms with Crippen molar-refractivity contribution in [2.75, 3.05) is 14.2 Å². The summed E-state index contributed by atoms with van der Waals surface area (Å²) < 4.78 is 73.9. The Kier molecular flexibility index (Phi) is 10.3. The van der Waals surface area contributed by atoms with Gasteiger partial charge in [-0.05, 0) is 12.1 Å². The normalized spacial score (nSPS) is 11.1. The fourth-order valence-electron chi connectivity index (χ4n) is 2.33. The molecule has 2 aromatic rings. The van der Waals surface area contributed by atoms with Crippen LogP contribution in [-0.4, -0.2) is 56.2 Å². The van der Waals surface area contributed by atoms with E-state index < -0.39 is 69.9 Å². The molecule has 2 aromatic carbocycles. The van der Waals surface area contributed by atoms with E-state index in [0.717, 1.165) is 26.4 Å². The van der Waals surface area contributed by atoms with Crippen molar-refractivity contribution in [3.63, 3.8) is 0 Å². The van der Waals surface area contributed by atoms with E-state index >= 15 is 0 Å². The van der Waals surface area contributed by atoms with Crippen molar-refractivity contribution in [3.8, 4) is 23.0 Å². The number of phenols is 2. The molecular formula is C15H16Na2O11S2. The minimum atomic E-state index is -4.86. The average Bonchev–Trinajstić information content (AvgIpc) is 2.58. The van der Waals surface area contributed by atoms with Gasteiger partial charge in [0.15, 0.2) is 0 Å². The molecule has 0 fully saturated rings. The third-order valence-corrected chi connectivity index (χ3v) is 5.36. The third-order valence-electron chi connectivity index (χ3n) is 3.61. The Balaban J connectivity index is -0.00000210. The van der Waals surface area contributed by atoms with Gasteiger partial charge in [0.1, 0.15) is 32.8 Å². The molecule has 11 nitrogen and oxygen atoms in total. The topological polar surface area (TPSA) is 185 Å². The summed E-state index contributed by atoms with van der Waals surface area (Å²) in [5.41, 5.74) is -1.40. The van der Waals surface area contributed by atoms with Crippen molar-refractivity contribution < 1.29 is 112 Å². The molecule has 156 valence electrons. The van der Waals surface area contributed by atoms with Crippen LogP contribution < -0.4 is 68.6 Å². The van der Waals surface area contributed by atoms with Gasteiger partial charge < -0.3 is 22.5 Å². The molecule has 0 spiro atoms. The Hall–Kier alpha value is -0.870. The monoisotopic (exact) mass is 482 g/mol. The van der Waals surface area contributed by atoms with Gasteiger partial charge in [0.25, 0.3) is 20.2 Å². The van der Waals surface area contributed by atoms with Crippen LogP contribution in [0.4, 0.5) is 0 Å². The zero-order valence-corrected chi connectivity index (χ0v) is 21.9. The summed E-state index contributed by atoms with van der Waals surface area (Å²) in [6.07, 6.45) is 0. The predicted molar refractivity (Wildman–Crippen MR) is 94.6 cm³/mol. The zero-order chi connectivity index (χ0) is 21.4. The molecule has 0 saturated heterocycles. The van der Waals surface area contributed by atoms with Crippen LogP contribution in [-0.2, 0) is 20.2 Å². The van der Waals surface area contributed by atoms with Gasteiger partial charge in [0, 0.05) is 12.1 Å². The van der Waals surface area contributed by atoms with Crippen LogP contribution in [0.2, 0.25) is 0 Å². The van der Waals surface area contributed by atoms with E-state index in [1.807, 2.05) is 0 Å². The van der Waals surface area contributed by atoms with Gasteiger partial charge >= 0.3 is 59.1 Å². The fourth-order valence-corrected chi connectivity index (χ4v) is 3.66. The predicted octanol–water partition coefficient (Wildman–Crippen LogP) is -4.93. The Morgan fingerprint density at radius 1 is 0.767 bits per heavy atom. The summed E-state index contributed by atoms with van der Waals surface area (Å²) in [5, 5.41) is 20.0. The van der Waals surface area contributed by atoms with Gasteiger partial charge in [-0.15, -0.1) is 0 Å². The molecular weight excluding hydrogens is 466 g/mol. The van der Waals surface area contributed by atoms with E-state index in [-0.39, 0.29) is 62.0 Å². The Morgan fingerprint density at radius 3 is 1.30 bits per heavy atom. The first kappa shape index (κ1) is 29.1. The summed E-state index contributed by atoms with van der Waals surface area (Å²) in [6, 6.07) is 2.65. The van der Waals surface area contributed by atoms with Crippen LogP contribution in [0, 0.1) is 0 Å². The van der Waals surface area contributed by atoms with Gasteiger partial charge in [0.2, 0.25) is 5.78 Å². The third kappa shape index (κ3) is 6.09. The minimum absolute atomic E-state index is 0. The number of rotatable bonds is 6. The van der Waals surface area contributed by atoms with Gasteiger partial charge in [-0.2, -0.15) is 16.8 Å². The van der Waals surface area contributed by atoms with Crippen molar-refractivity contribution in [3.05, 3.63) is 35.4 Å². The van der Waals surface area contributed by atoms with Crippen molar-refractivity contribution in [1.29, 1.82) is 0 Å². The molecule has 4 N–H and O–H groups in total. The molecule has 0 radical (unpaired) electrons. The van der Waals surface area contributed by atoms with Gasteiger partial charge in [-0.3, -0.25) is 13.9 Å². The van der Waals surface area contributed by atoms with Crippen LogP contribution >= 0.6 is 0 Å². The van der Waals surface area contributed by atoms with Gasteiger partial charge in [0.05, 0.1) is 25.3 Å². The maximum Gasteiger partial charge on any atom is 1.00 e. The molecule has 0 aromatic heterocycles. The Morgan fingerprint density at radius 2 is 1.07 bits per heavy atom. The first-order chi connectivity index (χ1) is 12.8. The minimum Gasteiger partial charge on any atom is -1.00 e. The first-order valence-electron chi connectivity index (χ1n) is 7.13. The van der Waals surface area contributed by atoms with E-state index in [2.05, 4.69) is 0 Å². The van der Waals surface area contributed by atoms with Crippen LogP contribution in [0.1, 0.15) is 18.8 Å². The number of phenolic OH excluding ortho intramolecular Hbond substituents is 2. The van der Waals surface area contributed by atoms with Crippen LogP contribution in [0.25, 0.3) is 0 Å². The number of carbonyl (C=O) groups is 1. The summed E-state index contributed by atoms with van der Waals surface area (Å²) in [6.45, 7) is 0.